The van der Waals surface area contributed by atoms with Gasteiger partial charge in [0.1, 0.15) is 18.4 Å². The minimum absolute atomic E-state index is 0.0444. The quantitative estimate of drug-likeness (QED) is 0.891. The van der Waals surface area contributed by atoms with E-state index >= 15 is 0 Å². The summed E-state index contributed by atoms with van der Waals surface area (Å²) in [4.78, 5) is 16.4. The molecular weight excluding hydrogens is 326 g/mol. The highest BCUT2D eigenvalue weighted by molar-refractivity contribution is 5.87. The Balaban J connectivity index is 1.49. The van der Waals surface area contributed by atoms with Crippen LogP contribution in [0.5, 0.6) is 0 Å². The van der Waals surface area contributed by atoms with Gasteiger partial charge in [0.25, 0.3) is 0 Å². The van der Waals surface area contributed by atoms with Crippen LogP contribution in [0.1, 0.15) is 71.6 Å². The van der Waals surface area contributed by atoms with Gasteiger partial charge in [0.15, 0.2) is 0 Å². The molecule has 1 aromatic rings. The highest BCUT2D eigenvalue weighted by Gasteiger charge is 2.53. The molecular formula is C21H33N3O2. The molecule has 0 spiro atoms. The number of aliphatic hydroxyl groups is 1. The maximum Gasteiger partial charge on any atom is 0.139 e. The molecule has 3 fully saturated rings. The number of rotatable bonds is 4. The van der Waals surface area contributed by atoms with Gasteiger partial charge in [-0.2, -0.15) is 5.10 Å². The smallest absolute Gasteiger partial charge is 0.139 e. The van der Waals surface area contributed by atoms with E-state index in [1.165, 1.54) is 12.8 Å². The lowest BCUT2D eigenvalue weighted by molar-refractivity contribution is -0.130. The van der Waals surface area contributed by atoms with E-state index < -0.39 is 0 Å². The molecule has 6 atom stereocenters. The second kappa shape index (κ2) is 6.74. The van der Waals surface area contributed by atoms with Gasteiger partial charge in [0.05, 0.1) is 6.10 Å². The number of aromatic nitrogens is 3. The van der Waals surface area contributed by atoms with Crippen LogP contribution in [0.25, 0.3) is 0 Å². The van der Waals surface area contributed by atoms with Crippen molar-refractivity contribution in [3.8, 4) is 0 Å². The Labute approximate surface area is 156 Å². The molecule has 1 N–H and O–H groups in total. The van der Waals surface area contributed by atoms with Crippen LogP contribution >= 0.6 is 0 Å². The van der Waals surface area contributed by atoms with Crippen LogP contribution in [0.4, 0.5) is 0 Å². The molecule has 3 aliphatic rings. The molecule has 26 heavy (non-hydrogen) atoms. The number of hydrogen-bond acceptors (Lipinski definition) is 4. The Kier molecular flexibility index (Phi) is 4.70. The third kappa shape index (κ3) is 3.02. The Morgan fingerprint density at radius 2 is 2.04 bits per heavy atom. The highest BCUT2D eigenvalue weighted by Crippen LogP contribution is 2.59. The first kappa shape index (κ1) is 18.1. The minimum atomic E-state index is -0.161. The van der Waals surface area contributed by atoms with Crippen LogP contribution in [0.3, 0.4) is 0 Å². The summed E-state index contributed by atoms with van der Waals surface area (Å²) in [5.74, 6) is 2.28. The average molecular weight is 360 g/mol. The second-order valence-corrected chi connectivity index (χ2v) is 9.63. The van der Waals surface area contributed by atoms with E-state index in [1.54, 1.807) is 12.7 Å². The molecule has 3 aliphatic carbocycles. The first-order chi connectivity index (χ1) is 12.4. The average Bonchev–Trinajstić information content (AvgIpc) is 3.24. The summed E-state index contributed by atoms with van der Waals surface area (Å²) in [6, 6.07) is 0. The summed E-state index contributed by atoms with van der Waals surface area (Å²) in [6.07, 6.45) is 12.5. The summed E-state index contributed by atoms with van der Waals surface area (Å²) in [6.45, 7) is 5.56. The van der Waals surface area contributed by atoms with Crippen molar-refractivity contribution in [2.24, 2.45) is 28.6 Å². The molecule has 0 aliphatic heterocycles. The molecule has 0 aromatic carbocycles. The summed E-state index contributed by atoms with van der Waals surface area (Å²) < 4.78 is 1.91. The van der Waals surface area contributed by atoms with Gasteiger partial charge in [-0.1, -0.05) is 13.8 Å². The molecule has 1 heterocycles. The van der Waals surface area contributed by atoms with E-state index in [4.69, 9.17) is 0 Å². The van der Waals surface area contributed by atoms with E-state index in [-0.39, 0.29) is 16.9 Å². The maximum absolute atomic E-state index is 12.4. The fraction of sp³-hybridized carbons (Fsp3) is 0.857. The van der Waals surface area contributed by atoms with Gasteiger partial charge < -0.3 is 5.11 Å². The summed E-state index contributed by atoms with van der Waals surface area (Å²) >= 11 is 0. The predicted octanol–water partition coefficient (Wildman–Crippen LogP) is 3.62. The summed E-state index contributed by atoms with van der Waals surface area (Å²) in [7, 11) is 0. The monoisotopic (exact) mass is 359 g/mol. The van der Waals surface area contributed by atoms with Crippen LogP contribution < -0.4 is 0 Å². The maximum atomic E-state index is 12.4. The highest BCUT2D eigenvalue weighted by atomic mass is 16.3. The van der Waals surface area contributed by atoms with Crippen LogP contribution in [0.2, 0.25) is 0 Å². The minimum Gasteiger partial charge on any atom is -0.393 e. The number of carbonyl (C=O) groups excluding carboxylic acids is 1. The molecule has 6 unspecified atom stereocenters. The lowest BCUT2D eigenvalue weighted by Gasteiger charge is -2.52. The third-order valence-corrected chi connectivity index (χ3v) is 8.45. The van der Waals surface area contributed by atoms with Crippen molar-refractivity contribution >= 4 is 5.78 Å². The number of Topliss-reactive ketones (excluding diaryl/α,β-unsaturated/α-hetero) is 1. The van der Waals surface area contributed by atoms with Crippen molar-refractivity contribution in [1.82, 2.24) is 14.8 Å². The van der Waals surface area contributed by atoms with Gasteiger partial charge in [-0.3, -0.25) is 9.48 Å². The third-order valence-electron chi connectivity index (χ3n) is 8.45. The number of nitrogens with zero attached hydrogens (tertiary/aromatic N) is 3. The molecule has 0 radical (unpaired) electrons. The van der Waals surface area contributed by atoms with Gasteiger partial charge in [0.2, 0.25) is 0 Å². The molecule has 3 saturated carbocycles. The normalized spacial score (nSPS) is 43.4. The molecule has 5 heteroatoms. The number of ketones is 1. The fourth-order valence-corrected chi connectivity index (χ4v) is 6.41. The van der Waals surface area contributed by atoms with Crippen molar-refractivity contribution < 1.29 is 9.90 Å². The molecule has 1 aromatic heterocycles. The molecule has 4 rings (SSSR count). The van der Waals surface area contributed by atoms with Crippen molar-refractivity contribution in [1.29, 1.82) is 0 Å². The van der Waals surface area contributed by atoms with Crippen molar-refractivity contribution in [3.05, 3.63) is 12.7 Å². The molecule has 0 amide bonds. The Morgan fingerprint density at radius 1 is 1.19 bits per heavy atom. The van der Waals surface area contributed by atoms with Crippen molar-refractivity contribution in [3.63, 3.8) is 0 Å². The zero-order valence-electron chi connectivity index (χ0n) is 16.2. The lowest BCUT2D eigenvalue weighted by atomic mass is 9.52. The Morgan fingerprint density at radius 3 is 2.81 bits per heavy atom. The van der Waals surface area contributed by atoms with Crippen LogP contribution in [-0.2, 0) is 11.3 Å². The van der Waals surface area contributed by atoms with E-state index in [0.717, 1.165) is 51.5 Å². The topological polar surface area (TPSA) is 68.0 Å². The SMILES string of the molecule is CC12CCC(C3(C)CCC(O)CC3CCn3cncn3)CC1CCC2=O. The standard InChI is InChI=1S/C21H33N3O2/c1-20(16-5-8-21(2)15(11-16)3-4-19(21)26)9-6-18(25)12-17(20)7-10-24-14-22-13-23-24/h13-18,25H,3-12H2,1-2H3. The largest absolute Gasteiger partial charge is 0.393 e. The molecule has 144 valence electrons. The van der Waals surface area contributed by atoms with E-state index in [9.17, 15) is 9.90 Å². The van der Waals surface area contributed by atoms with Gasteiger partial charge in [-0.15, -0.1) is 0 Å². The van der Waals surface area contributed by atoms with Gasteiger partial charge in [-0.05, 0) is 74.5 Å². The first-order valence-electron chi connectivity index (χ1n) is 10.5. The number of aryl methyl sites for hydroxylation is 1. The van der Waals surface area contributed by atoms with Crippen molar-refractivity contribution in [2.75, 3.05) is 0 Å². The zero-order valence-corrected chi connectivity index (χ0v) is 16.2. The lowest BCUT2D eigenvalue weighted by Crippen LogP contribution is -2.46. The fourth-order valence-electron chi connectivity index (χ4n) is 6.41. The van der Waals surface area contributed by atoms with Crippen molar-refractivity contribution in [2.45, 2.75) is 84.3 Å². The predicted molar refractivity (Wildman–Crippen MR) is 99.3 cm³/mol. The Hall–Kier alpha value is -1.23. The number of fused-ring (bicyclic) bond motifs is 1. The summed E-state index contributed by atoms with van der Waals surface area (Å²) in [5, 5.41) is 14.6. The second-order valence-electron chi connectivity index (χ2n) is 9.63. The van der Waals surface area contributed by atoms with Crippen LogP contribution in [-0.4, -0.2) is 31.8 Å². The van der Waals surface area contributed by atoms with Crippen LogP contribution in [0.15, 0.2) is 12.7 Å². The summed E-state index contributed by atoms with van der Waals surface area (Å²) in [5.41, 5.74) is 0.226. The number of carbonyl (C=O) groups is 1. The number of aliphatic hydroxyl groups excluding tert-OH is 1. The van der Waals surface area contributed by atoms with Gasteiger partial charge >= 0.3 is 0 Å². The molecule has 0 saturated heterocycles. The van der Waals surface area contributed by atoms with Crippen LogP contribution in [0, 0.1) is 28.6 Å². The van der Waals surface area contributed by atoms with Gasteiger partial charge in [0, 0.05) is 18.4 Å². The van der Waals surface area contributed by atoms with E-state index in [1.807, 2.05) is 4.68 Å². The first-order valence-corrected chi connectivity index (χ1v) is 10.5. The zero-order chi connectivity index (χ0) is 18.4. The molecule has 5 nitrogen and oxygen atoms in total. The van der Waals surface area contributed by atoms with Gasteiger partial charge in [-0.25, -0.2) is 4.98 Å². The van der Waals surface area contributed by atoms with E-state index in [0.29, 0.717) is 23.5 Å². The Bertz CT molecular complexity index is 646. The number of hydrogen-bond donors (Lipinski definition) is 1. The molecule has 0 bridgehead atoms. The van der Waals surface area contributed by atoms with E-state index in [2.05, 4.69) is 23.9 Å².